The molecule has 0 bridgehead atoms. The summed E-state index contributed by atoms with van der Waals surface area (Å²) in [6.07, 6.45) is 8.33. The molecule has 1 saturated heterocycles. The topological polar surface area (TPSA) is 15.3 Å². The molecule has 1 atom stereocenters. The second-order valence-corrected chi connectivity index (χ2v) is 5.88. The Kier molecular flexibility index (Phi) is 7.87. The Morgan fingerprint density at radius 1 is 1.18 bits per heavy atom. The average Bonchev–Trinajstić information content (AvgIpc) is 2.53. The summed E-state index contributed by atoms with van der Waals surface area (Å²) in [6.45, 7) is 11.9. The van der Waals surface area contributed by atoms with Gasteiger partial charge in [-0.25, -0.2) is 0 Å². The molecule has 0 radical (unpaired) electrons. The molecule has 1 aliphatic rings. The lowest BCUT2D eigenvalue weighted by Gasteiger charge is -2.29. The third-order valence-electron chi connectivity index (χ3n) is 3.94. The summed E-state index contributed by atoms with van der Waals surface area (Å²) in [5.74, 6) is 0.823. The van der Waals surface area contributed by atoms with Crippen molar-refractivity contribution >= 4 is 0 Å². The Bertz CT molecular complexity index is 180. The fraction of sp³-hybridized carbons (Fsp3) is 1.00. The van der Waals surface area contributed by atoms with Crippen LogP contribution in [0.15, 0.2) is 0 Å². The lowest BCUT2D eigenvalue weighted by atomic mass is 10.1. The molecule has 2 nitrogen and oxygen atoms in total. The second kappa shape index (κ2) is 8.93. The Labute approximate surface area is 108 Å². The van der Waals surface area contributed by atoms with Gasteiger partial charge in [0.2, 0.25) is 0 Å². The molecule has 1 N–H and O–H groups in total. The van der Waals surface area contributed by atoms with Gasteiger partial charge in [0.25, 0.3) is 0 Å². The van der Waals surface area contributed by atoms with Gasteiger partial charge in [-0.15, -0.1) is 0 Å². The van der Waals surface area contributed by atoms with Crippen LogP contribution in [-0.4, -0.2) is 37.1 Å². The third-order valence-corrected chi connectivity index (χ3v) is 3.94. The van der Waals surface area contributed by atoms with Gasteiger partial charge in [-0.05, 0) is 44.7 Å². The van der Waals surface area contributed by atoms with E-state index in [9.17, 15) is 0 Å². The molecule has 0 amide bonds. The van der Waals surface area contributed by atoms with E-state index in [-0.39, 0.29) is 0 Å². The van der Waals surface area contributed by atoms with Crippen LogP contribution in [0.5, 0.6) is 0 Å². The first-order valence-corrected chi connectivity index (χ1v) is 7.68. The van der Waals surface area contributed by atoms with E-state index in [1.165, 1.54) is 64.7 Å². The Morgan fingerprint density at radius 2 is 2.00 bits per heavy atom. The number of hydrogen-bond donors (Lipinski definition) is 1. The van der Waals surface area contributed by atoms with Crippen molar-refractivity contribution in [2.45, 2.75) is 65.3 Å². The quantitative estimate of drug-likeness (QED) is 0.687. The molecule has 102 valence electrons. The van der Waals surface area contributed by atoms with Crippen LogP contribution < -0.4 is 5.32 Å². The fourth-order valence-corrected chi connectivity index (χ4v) is 2.73. The highest BCUT2D eigenvalue weighted by atomic mass is 15.2. The predicted molar refractivity (Wildman–Crippen MR) is 76.4 cm³/mol. The molecule has 1 aliphatic heterocycles. The van der Waals surface area contributed by atoms with Crippen LogP contribution in [0.4, 0.5) is 0 Å². The molecule has 0 aliphatic carbocycles. The molecule has 0 aromatic carbocycles. The van der Waals surface area contributed by atoms with Gasteiger partial charge in [0.05, 0.1) is 0 Å². The summed E-state index contributed by atoms with van der Waals surface area (Å²) in [5.41, 5.74) is 0. The van der Waals surface area contributed by atoms with Gasteiger partial charge >= 0.3 is 0 Å². The van der Waals surface area contributed by atoms with Gasteiger partial charge in [0, 0.05) is 19.1 Å². The van der Waals surface area contributed by atoms with Gasteiger partial charge in [-0.1, -0.05) is 33.6 Å². The largest absolute Gasteiger partial charge is 0.315 e. The highest BCUT2D eigenvalue weighted by Crippen LogP contribution is 2.18. The summed E-state index contributed by atoms with van der Waals surface area (Å²) in [6, 6.07) is 0.851. The SMILES string of the molecule is CCC1CCCCCN1CCNCCC(C)C. The van der Waals surface area contributed by atoms with Crippen molar-refractivity contribution in [1.29, 1.82) is 0 Å². The van der Waals surface area contributed by atoms with Crippen LogP contribution in [0.2, 0.25) is 0 Å². The summed E-state index contributed by atoms with van der Waals surface area (Å²) in [5, 5.41) is 3.59. The molecular formula is C15H32N2. The van der Waals surface area contributed by atoms with Crippen LogP contribution in [0.25, 0.3) is 0 Å². The van der Waals surface area contributed by atoms with Crippen molar-refractivity contribution in [2.75, 3.05) is 26.2 Å². The first kappa shape index (κ1) is 15.0. The van der Waals surface area contributed by atoms with E-state index in [4.69, 9.17) is 0 Å². The number of likely N-dealkylation sites (tertiary alicyclic amines) is 1. The van der Waals surface area contributed by atoms with Crippen molar-refractivity contribution in [2.24, 2.45) is 5.92 Å². The summed E-state index contributed by atoms with van der Waals surface area (Å²) < 4.78 is 0. The van der Waals surface area contributed by atoms with Crippen LogP contribution in [0.3, 0.4) is 0 Å². The molecule has 0 aromatic rings. The molecule has 1 fully saturated rings. The zero-order valence-electron chi connectivity index (χ0n) is 12.2. The maximum Gasteiger partial charge on any atom is 0.0110 e. The van der Waals surface area contributed by atoms with E-state index in [1.807, 2.05) is 0 Å². The third kappa shape index (κ3) is 6.42. The molecule has 17 heavy (non-hydrogen) atoms. The van der Waals surface area contributed by atoms with E-state index in [1.54, 1.807) is 0 Å². The Morgan fingerprint density at radius 3 is 2.71 bits per heavy atom. The fourth-order valence-electron chi connectivity index (χ4n) is 2.73. The molecule has 0 saturated carbocycles. The first-order valence-electron chi connectivity index (χ1n) is 7.68. The zero-order valence-corrected chi connectivity index (χ0v) is 12.2. The lowest BCUT2D eigenvalue weighted by Crippen LogP contribution is -2.39. The van der Waals surface area contributed by atoms with Crippen molar-refractivity contribution in [3.63, 3.8) is 0 Å². The van der Waals surface area contributed by atoms with Crippen LogP contribution >= 0.6 is 0 Å². The molecule has 1 rings (SSSR count). The van der Waals surface area contributed by atoms with E-state index in [2.05, 4.69) is 31.0 Å². The number of rotatable bonds is 7. The van der Waals surface area contributed by atoms with E-state index in [0.29, 0.717) is 0 Å². The Hall–Kier alpha value is -0.0800. The van der Waals surface area contributed by atoms with E-state index in [0.717, 1.165) is 12.0 Å². The number of hydrogen-bond acceptors (Lipinski definition) is 2. The van der Waals surface area contributed by atoms with Crippen molar-refractivity contribution in [3.8, 4) is 0 Å². The maximum absolute atomic E-state index is 3.59. The zero-order chi connectivity index (χ0) is 12.5. The summed E-state index contributed by atoms with van der Waals surface area (Å²) >= 11 is 0. The van der Waals surface area contributed by atoms with E-state index < -0.39 is 0 Å². The summed E-state index contributed by atoms with van der Waals surface area (Å²) in [4.78, 5) is 2.72. The molecule has 0 spiro atoms. The predicted octanol–water partition coefficient (Wildman–Crippen LogP) is 3.28. The second-order valence-electron chi connectivity index (χ2n) is 5.88. The smallest absolute Gasteiger partial charge is 0.0110 e. The van der Waals surface area contributed by atoms with Crippen molar-refractivity contribution in [3.05, 3.63) is 0 Å². The number of nitrogens with zero attached hydrogens (tertiary/aromatic N) is 1. The molecule has 1 unspecified atom stereocenters. The normalized spacial score (nSPS) is 22.9. The van der Waals surface area contributed by atoms with Gasteiger partial charge < -0.3 is 5.32 Å². The summed E-state index contributed by atoms with van der Waals surface area (Å²) in [7, 11) is 0. The van der Waals surface area contributed by atoms with Crippen molar-refractivity contribution < 1.29 is 0 Å². The standard InChI is InChI=1S/C15H32N2/c1-4-15-8-6-5-7-12-17(15)13-11-16-10-9-14(2)3/h14-16H,4-13H2,1-3H3. The average molecular weight is 240 g/mol. The minimum atomic E-state index is 0.823. The van der Waals surface area contributed by atoms with Gasteiger partial charge in [0.1, 0.15) is 0 Å². The Balaban J connectivity index is 2.14. The molecule has 0 aromatic heterocycles. The highest BCUT2D eigenvalue weighted by Gasteiger charge is 2.18. The monoisotopic (exact) mass is 240 g/mol. The van der Waals surface area contributed by atoms with Gasteiger partial charge in [-0.2, -0.15) is 0 Å². The first-order chi connectivity index (χ1) is 8.24. The maximum atomic E-state index is 3.59. The molecule has 2 heteroatoms. The molecular weight excluding hydrogens is 208 g/mol. The van der Waals surface area contributed by atoms with Crippen LogP contribution in [0, 0.1) is 5.92 Å². The lowest BCUT2D eigenvalue weighted by molar-refractivity contribution is 0.195. The van der Waals surface area contributed by atoms with E-state index >= 15 is 0 Å². The minimum Gasteiger partial charge on any atom is -0.315 e. The number of nitrogens with one attached hydrogen (secondary N) is 1. The minimum absolute atomic E-state index is 0.823. The van der Waals surface area contributed by atoms with Crippen molar-refractivity contribution in [1.82, 2.24) is 10.2 Å². The molecule has 1 heterocycles. The van der Waals surface area contributed by atoms with Gasteiger partial charge in [0.15, 0.2) is 0 Å². The van der Waals surface area contributed by atoms with Crippen LogP contribution in [0.1, 0.15) is 59.3 Å². The van der Waals surface area contributed by atoms with Gasteiger partial charge in [-0.3, -0.25) is 4.90 Å². The highest BCUT2D eigenvalue weighted by molar-refractivity contribution is 4.74. The van der Waals surface area contributed by atoms with Crippen LogP contribution in [-0.2, 0) is 0 Å².